The molecular weight excluding hydrogens is 273 g/mol. The van der Waals surface area contributed by atoms with Gasteiger partial charge in [-0.2, -0.15) is 0 Å². The molecule has 0 N–H and O–H groups in total. The van der Waals surface area contributed by atoms with E-state index in [0.717, 1.165) is 5.56 Å². The van der Waals surface area contributed by atoms with E-state index in [0.29, 0.717) is 5.56 Å². The molecule has 0 aliphatic rings. The number of hydrogen-bond acceptors (Lipinski definition) is 3. The number of esters is 1. The van der Waals surface area contributed by atoms with Crippen molar-refractivity contribution in [3.63, 3.8) is 0 Å². The molecule has 1 aromatic carbocycles. The molecule has 2 rings (SSSR count). The number of nitrogens with zero attached hydrogens (tertiary/aromatic N) is 1. The van der Waals surface area contributed by atoms with E-state index in [1.165, 1.54) is 29.0 Å². The van der Waals surface area contributed by atoms with Gasteiger partial charge in [0, 0.05) is 24.9 Å². The normalized spacial score (nSPS) is 12.0. The van der Waals surface area contributed by atoms with E-state index in [2.05, 4.69) is 0 Å². The lowest BCUT2D eigenvalue weighted by Crippen LogP contribution is -2.18. The van der Waals surface area contributed by atoms with Crippen molar-refractivity contribution in [3.8, 4) is 0 Å². The Balaban J connectivity index is 2.20. The van der Waals surface area contributed by atoms with Gasteiger partial charge in [-0.05, 0) is 32.0 Å². The second-order valence-electron chi connectivity index (χ2n) is 4.94. The predicted molar refractivity (Wildman–Crippen MR) is 76.7 cm³/mol. The van der Waals surface area contributed by atoms with Crippen LogP contribution < -0.4 is 5.56 Å². The summed E-state index contributed by atoms with van der Waals surface area (Å²) in [5, 5.41) is 0. The summed E-state index contributed by atoms with van der Waals surface area (Å²) < 4.78 is 20.3. The molecule has 0 amide bonds. The Morgan fingerprint density at radius 2 is 2.00 bits per heavy atom. The highest BCUT2D eigenvalue weighted by molar-refractivity contribution is 5.89. The van der Waals surface area contributed by atoms with Crippen molar-refractivity contribution in [1.29, 1.82) is 0 Å². The predicted octanol–water partition coefficient (Wildman–Crippen LogP) is 2.75. The van der Waals surface area contributed by atoms with Gasteiger partial charge in [-0.1, -0.05) is 11.6 Å². The Morgan fingerprint density at radius 1 is 1.29 bits per heavy atom. The fraction of sp³-hybridized carbons (Fsp3) is 0.250. The Hall–Kier alpha value is -2.43. The number of carbonyl (C=O) groups is 1. The Bertz CT molecular complexity index is 737. The molecule has 0 bridgehead atoms. The van der Waals surface area contributed by atoms with Crippen molar-refractivity contribution in [2.75, 3.05) is 0 Å². The van der Waals surface area contributed by atoms with Crippen LogP contribution in [0.2, 0.25) is 0 Å². The lowest BCUT2D eigenvalue weighted by atomic mass is 10.1. The first-order valence-corrected chi connectivity index (χ1v) is 6.52. The van der Waals surface area contributed by atoms with Crippen LogP contribution >= 0.6 is 0 Å². The first kappa shape index (κ1) is 15.0. The van der Waals surface area contributed by atoms with Crippen LogP contribution in [0.25, 0.3) is 0 Å². The van der Waals surface area contributed by atoms with Crippen LogP contribution in [0.3, 0.4) is 0 Å². The van der Waals surface area contributed by atoms with Gasteiger partial charge in [0.15, 0.2) is 0 Å². The van der Waals surface area contributed by atoms with Crippen LogP contribution in [0.15, 0.2) is 41.3 Å². The maximum atomic E-state index is 13.7. The highest BCUT2D eigenvalue weighted by Gasteiger charge is 2.17. The summed E-state index contributed by atoms with van der Waals surface area (Å²) in [7, 11) is 1.59. The van der Waals surface area contributed by atoms with E-state index in [9.17, 15) is 14.0 Å². The largest absolute Gasteiger partial charge is 0.454 e. The minimum Gasteiger partial charge on any atom is -0.454 e. The van der Waals surface area contributed by atoms with Gasteiger partial charge in [-0.25, -0.2) is 9.18 Å². The summed E-state index contributed by atoms with van der Waals surface area (Å²) in [5.41, 5.74) is 1.03. The molecule has 0 aliphatic heterocycles. The third-order valence-corrected chi connectivity index (χ3v) is 3.21. The van der Waals surface area contributed by atoms with Crippen molar-refractivity contribution in [2.45, 2.75) is 20.0 Å². The molecule has 110 valence electrons. The SMILES string of the molecule is Cc1ccc(F)c([C@@H](C)OC(=O)c2ccn(C)c(=O)c2)c1. The van der Waals surface area contributed by atoms with Crippen LogP contribution in [0.5, 0.6) is 0 Å². The van der Waals surface area contributed by atoms with Gasteiger partial charge in [0.25, 0.3) is 5.56 Å². The molecule has 1 heterocycles. The van der Waals surface area contributed by atoms with Gasteiger partial charge >= 0.3 is 5.97 Å². The smallest absolute Gasteiger partial charge is 0.338 e. The molecule has 1 aromatic heterocycles. The number of aryl methyl sites for hydroxylation is 2. The second-order valence-corrected chi connectivity index (χ2v) is 4.94. The average molecular weight is 289 g/mol. The Kier molecular flexibility index (Phi) is 4.21. The topological polar surface area (TPSA) is 48.3 Å². The van der Waals surface area contributed by atoms with Gasteiger partial charge < -0.3 is 9.30 Å². The maximum Gasteiger partial charge on any atom is 0.338 e. The summed E-state index contributed by atoms with van der Waals surface area (Å²) in [5.74, 6) is -1.08. The average Bonchev–Trinajstić information content (AvgIpc) is 2.44. The first-order valence-electron chi connectivity index (χ1n) is 6.52. The van der Waals surface area contributed by atoms with Crippen molar-refractivity contribution in [1.82, 2.24) is 4.57 Å². The molecule has 21 heavy (non-hydrogen) atoms. The molecule has 0 saturated heterocycles. The fourth-order valence-electron chi connectivity index (χ4n) is 1.94. The van der Waals surface area contributed by atoms with Crippen molar-refractivity contribution >= 4 is 5.97 Å². The highest BCUT2D eigenvalue weighted by atomic mass is 19.1. The summed E-state index contributed by atoms with van der Waals surface area (Å²) in [6.45, 7) is 3.43. The number of pyridine rings is 1. The summed E-state index contributed by atoms with van der Waals surface area (Å²) >= 11 is 0. The first-order chi connectivity index (χ1) is 9.88. The Morgan fingerprint density at radius 3 is 2.67 bits per heavy atom. The Labute approximate surface area is 121 Å². The van der Waals surface area contributed by atoms with Crippen LogP contribution in [0.4, 0.5) is 4.39 Å². The number of ether oxygens (including phenoxy) is 1. The van der Waals surface area contributed by atoms with Crippen LogP contribution in [-0.2, 0) is 11.8 Å². The molecule has 0 fully saturated rings. The summed E-state index contributed by atoms with van der Waals surface area (Å²) in [6.07, 6.45) is 0.748. The van der Waals surface area contributed by atoms with Crippen LogP contribution in [-0.4, -0.2) is 10.5 Å². The maximum absolute atomic E-state index is 13.7. The summed E-state index contributed by atoms with van der Waals surface area (Å²) in [4.78, 5) is 23.5. The molecular formula is C16H16FNO3. The van der Waals surface area contributed by atoms with E-state index in [1.807, 2.05) is 6.92 Å². The molecule has 0 radical (unpaired) electrons. The van der Waals surface area contributed by atoms with Gasteiger partial charge in [-0.15, -0.1) is 0 Å². The second kappa shape index (κ2) is 5.91. The number of benzene rings is 1. The third-order valence-electron chi connectivity index (χ3n) is 3.21. The van der Waals surface area contributed by atoms with E-state index >= 15 is 0 Å². The molecule has 0 aliphatic carbocycles. The minimum atomic E-state index is -0.735. The number of hydrogen-bond donors (Lipinski definition) is 0. The number of aromatic nitrogens is 1. The highest BCUT2D eigenvalue weighted by Crippen LogP contribution is 2.22. The molecule has 5 heteroatoms. The van der Waals surface area contributed by atoms with Gasteiger partial charge in [0.05, 0.1) is 5.56 Å². The molecule has 4 nitrogen and oxygen atoms in total. The monoisotopic (exact) mass is 289 g/mol. The lowest BCUT2D eigenvalue weighted by Gasteiger charge is -2.15. The molecule has 0 saturated carbocycles. The van der Waals surface area contributed by atoms with Gasteiger partial charge in [0.1, 0.15) is 11.9 Å². The van der Waals surface area contributed by atoms with Crippen molar-refractivity contribution in [2.24, 2.45) is 7.05 Å². The third kappa shape index (κ3) is 3.37. The zero-order chi connectivity index (χ0) is 15.6. The van der Waals surface area contributed by atoms with Crippen molar-refractivity contribution in [3.05, 3.63) is 69.4 Å². The molecule has 0 spiro atoms. The summed E-state index contributed by atoms with van der Waals surface area (Å²) in [6, 6.07) is 7.31. The number of rotatable bonds is 3. The quantitative estimate of drug-likeness (QED) is 0.816. The minimum absolute atomic E-state index is 0.151. The number of carbonyl (C=O) groups excluding carboxylic acids is 1. The van der Waals surface area contributed by atoms with Crippen LogP contribution in [0, 0.1) is 12.7 Å². The molecule has 0 unspecified atom stereocenters. The van der Waals surface area contributed by atoms with Gasteiger partial charge in [0.2, 0.25) is 0 Å². The van der Waals surface area contributed by atoms with Crippen LogP contribution in [0.1, 0.15) is 34.5 Å². The van der Waals surface area contributed by atoms with E-state index in [-0.39, 0.29) is 11.1 Å². The molecule has 2 aromatic rings. The van der Waals surface area contributed by atoms with Crippen molar-refractivity contribution < 1.29 is 13.9 Å². The fourth-order valence-corrected chi connectivity index (χ4v) is 1.94. The number of halogens is 1. The zero-order valence-electron chi connectivity index (χ0n) is 12.1. The zero-order valence-corrected chi connectivity index (χ0v) is 12.1. The lowest BCUT2D eigenvalue weighted by molar-refractivity contribution is 0.0331. The standard InChI is InChI=1S/C16H16FNO3/c1-10-4-5-14(17)13(8-10)11(2)21-16(20)12-6-7-18(3)15(19)9-12/h4-9,11H,1-3H3/t11-/m1/s1. The molecule has 1 atom stereocenters. The van der Waals surface area contributed by atoms with Gasteiger partial charge in [-0.3, -0.25) is 4.79 Å². The van der Waals surface area contributed by atoms with E-state index in [1.54, 1.807) is 26.1 Å². The van der Waals surface area contributed by atoms with E-state index in [4.69, 9.17) is 4.74 Å². The van der Waals surface area contributed by atoms with E-state index < -0.39 is 17.9 Å².